The van der Waals surface area contributed by atoms with Gasteiger partial charge in [0, 0.05) is 13.1 Å². The fraction of sp³-hybridized carbons (Fsp3) is 0.667. The van der Waals surface area contributed by atoms with E-state index in [1.165, 1.54) is 19.3 Å². The third-order valence-electron chi connectivity index (χ3n) is 7.20. The molecule has 4 rings (SSSR count). The highest BCUT2D eigenvalue weighted by molar-refractivity contribution is 5.86. The molecule has 1 saturated carbocycles. The number of rotatable bonds is 6. The smallest absolute Gasteiger partial charge is 0.299 e. The van der Waals surface area contributed by atoms with Crippen LogP contribution in [0.15, 0.2) is 22.6 Å². The fourth-order valence-electron chi connectivity index (χ4n) is 5.43. The Balaban J connectivity index is 1.42. The second-order valence-corrected chi connectivity index (χ2v) is 9.14. The molecule has 1 aromatic heterocycles. The van der Waals surface area contributed by atoms with E-state index in [4.69, 9.17) is 9.15 Å². The number of methoxy groups -OCH3 is 1. The van der Waals surface area contributed by atoms with Crippen molar-refractivity contribution in [3.63, 3.8) is 0 Å². The van der Waals surface area contributed by atoms with E-state index >= 15 is 0 Å². The van der Waals surface area contributed by atoms with E-state index in [0.29, 0.717) is 28.8 Å². The molecule has 1 aliphatic heterocycles. The number of hydrogen-bond donors (Lipinski definition) is 1. The summed E-state index contributed by atoms with van der Waals surface area (Å²) in [5.41, 5.74) is 1.40. The van der Waals surface area contributed by atoms with Crippen molar-refractivity contribution < 1.29 is 13.9 Å². The number of oxazole rings is 1. The molecular formula is C24H35N3O3. The Morgan fingerprint density at radius 3 is 2.77 bits per heavy atom. The van der Waals surface area contributed by atoms with Gasteiger partial charge in [-0.3, -0.25) is 4.79 Å². The molecule has 30 heavy (non-hydrogen) atoms. The van der Waals surface area contributed by atoms with Gasteiger partial charge in [0.05, 0.1) is 7.11 Å². The summed E-state index contributed by atoms with van der Waals surface area (Å²) in [5, 5.41) is 3.22. The minimum atomic E-state index is -0.223. The lowest BCUT2D eigenvalue weighted by atomic mass is 9.72. The first-order chi connectivity index (χ1) is 14.6. The van der Waals surface area contributed by atoms with Gasteiger partial charge < -0.3 is 19.4 Å². The zero-order valence-electron chi connectivity index (χ0n) is 18.5. The summed E-state index contributed by atoms with van der Waals surface area (Å²) in [7, 11) is 1.63. The van der Waals surface area contributed by atoms with Gasteiger partial charge in [0.15, 0.2) is 11.1 Å². The zero-order valence-corrected chi connectivity index (χ0v) is 18.5. The number of aromatic nitrogens is 1. The second kappa shape index (κ2) is 9.27. The molecule has 1 unspecified atom stereocenters. The summed E-state index contributed by atoms with van der Waals surface area (Å²) in [6.45, 7) is 6.27. The maximum Gasteiger partial charge on any atom is 0.299 e. The molecule has 6 nitrogen and oxygen atoms in total. The molecule has 2 aromatic rings. The van der Waals surface area contributed by atoms with Gasteiger partial charge in [-0.15, -0.1) is 0 Å². The number of ether oxygens (including phenoxy) is 1. The van der Waals surface area contributed by atoms with Crippen LogP contribution in [0.3, 0.4) is 0 Å². The largest absolute Gasteiger partial charge is 0.494 e. The quantitative estimate of drug-likeness (QED) is 0.739. The van der Waals surface area contributed by atoms with Gasteiger partial charge in [-0.1, -0.05) is 39.2 Å². The Morgan fingerprint density at radius 2 is 2.00 bits per heavy atom. The average Bonchev–Trinajstić information content (AvgIpc) is 3.20. The van der Waals surface area contributed by atoms with Crippen molar-refractivity contribution in [1.29, 1.82) is 0 Å². The molecule has 0 spiro atoms. The molecule has 1 N–H and O–H groups in total. The second-order valence-electron chi connectivity index (χ2n) is 9.14. The van der Waals surface area contributed by atoms with E-state index in [9.17, 15) is 4.79 Å². The fourth-order valence-corrected chi connectivity index (χ4v) is 5.43. The zero-order chi connectivity index (χ0) is 21.1. The number of piperidine rings is 1. The minimum absolute atomic E-state index is 0.0973. The highest BCUT2D eigenvalue weighted by Gasteiger charge is 2.33. The number of carbonyl (C=O) groups is 1. The number of amides is 1. The van der Waals surface area contributed by atoms with Crippen molar-refractivity contribution in [3.05, 3.63) is 18.2 Å². The van der Waals surface area contributed by atoms with Crippen LogP contribution in [0.4, 0.5) is 6.01 Å². The third kappa shape index (κ3) is 4.28. The van der Waals surface area contributed by atoms with Crippen LogP contribution in [0.2, 0.25) is 0 Å². The maximum absolute atomic E-state index is 13.1. The number of hydrogen-bond acceptors (Lipinski definition) is 5. The minimum Gasteiger partial charge on any atom is -0.494 e. The number of nitrogens with one attached hydrogen (secondary N) is 1. The number of anilines is 1. The van der Waals surface area contributed by atoms with Crippen LogP contribution < -0.4 is 15.0 Å². The molecule has 1 aromatic carbocycles. The van der Waals surface area contributed by atoms with E-state index in [1.807, 2.05) is 23.1 Å². The lowest BCUT2D eigenvalue weighted by Gasteiger charge is -2.35. The molecular weight excluding hydrogens is 378 g/mol. The van der Waals surface area contributed by atoms with Crippen molar-refractivity contribution in [2.24, 2.45) is 17.8 Å². The Labute approximate surface area is 179 Å². The molecule has 1 amide bonds. The van der Waals surface area contributed by atoms with E-state index in [1.54, 1.807) is 7.11 Å². The molecule has 2 heterocycles. The number of benzene rings is 1. The van der Waals surface area contributed by atoms with Crippen LogP contribution in [-0.4, -0.2) is 37.1 Å². The number of fused-ring (bicyclic) bond motifs is 1. The van der Waals surface area contributed by atoms with Crippen molar-refractivity contribution in [2.75, 3.05) is 25.1 Å². The van der Waals surface area contributed by atoms with Crippen molar-refractivity contribution in [3.8, 4) is 5.75 Å². The summed E-state index contributed by atoms with van der Waals surface area (Å²) < 4.78 is 11.4. The maximum atomic E-state index is 13.1. The molecule has 4 atom stereocenters. The summed E-state index contributed by atoms with van der Waals surface area (Å²) in [6.07, 6.45) is 7.98. The standard InChI is InChI=1S/C24H35N3O3/c1-16-8-6-9-17(2)18(16)13-14-25-23(28)19-10-4-5-15-27(19)24-26-22-20(29-3)11-7-12-21(22)30-24/h7,11-12,16-19H,4-6,8-10,13-15H2,1-3H3,(H,25,28)/t16-,17+,18?,19-/m0/s1. The Bertz CT molecular complexity index is 854. The summed E-state index contributed by atoms with van der Waals surface area (Å²) in [4.78, 5) is 19.8. The normalized spacial score (nSPS) is 27.2. The Kier molecular flexibility index (Phi) is 6.49. The Hall–Kier alpha value is -2.24. The lowest BCUT2D eigenvalue weighted by Crippen LogP contribution is -2.50. The van der Waals surface area contributed by atoms with Gasteiger partial charge in [0.2, 0.25) is 5.91 Å². The van der Waals surface area contributed by atoms with Gasteiger partial charge >= 0.3 is 0 Å². The molecule has 0 radical (unpaired) electrons. The number of nitrogens with zero attached hydrogens (tertiary/aromatic N) is 2. The van der Waals surface area contributed by atoms with Gasteiger partial charge in [-0.2, -0.15) is 4.98 Å². The number of para-hydroxylation sites is 1. The van der Waals surface area contributed by atoms with E-state index in [0.717, 1.165) is 50.6 Å². The molecule has 6 heteroatoms. The summed E-state index contributed by atoms with van der Waals surface area (Å²) in [6, 6.07) is 5.95. The number of carbonyl (C=O) groups excluding carboxylic acids is 1. The molecule has 0 bridgehead atoms. The van der Waals surface area contributed by atoms with Crippen LogP contribution in [0.25, 0.3) is 11.1 Å². The van der Waals surface area contributed by atoms with Crippen molar-refractivity contribution in [1.82, 2.24) is 10.3 Å². The van der Waals surface area contributed by atoms with Crippen LogP contribution in [0.5, 0.6) is 5.75 Å². The first kappa shape index (κ1) is 21.0. The molecule has 1 saturated heterocycles. The topological polar surface area (TPSA) is 67.6 Å². The van der Waals surface area contributed by atoms with Crippen LogP contribution >= 0.6 is 0 Å². The predicted octanol–water partition coefficient (Wildman–Crippen LogP) is 4.77. The molecule has 2 fully saturated rings. The highest BCUT2D eigenvalue weighted by Crippen LogP contribution is 2.36. The third-order valence-corrected chi connectivity index (χ3v) is 7.20. The van der Waals surface area contributed by atoms with Crippen molar-refractivity contribution >= 4 is 23.0 Å². The molecule has 1 aliphatic carbocycles. The monoisotopic (exact) mass is 413 g/mol. The molecule has 2 aliphatic rings. The summed E-state index contributed by atoms with van der Waals surface area (Å²) >= 11 is 0. The van der Waals surface area contributed by atoms with Gasteiger partial charge in [-0.05, 0) is 55.6 Å². The van der Waals surface area contributed by atoms with Gasteiger partial charge in [0.1, 0.15) is 11.8 Å². The SMILES string of the molecule is COc1cccc2oc(N3CCCC[C@H]3C(=O)NCCC3[C@H](C)CCC[C@@H]3C)nc12. The summed E-state index contributed by atoms with van der Waals surface area (Å²) in [5.74, 6) is 3.01. The first-order valence-electron chi connectivity index (χ1n) is 11.6. The van der Waals surface area contributed by atoms with Gasteiger partial charge in [0.25, 0.3) is 6.01 Å². The first-order valence-corrected chi connectivity index (χ1v) is 11.6. The highest BCUT2D eigenvalue weighted by atomic mass is 16.5. The molecule has 164 valence electrons. The predicted molar refractivity (Wildman–Crippen MR) is 119 cm³/mol. The van der Waals surface area contributed by atoms with Gasteiger partial charge in [-0.25, -0.2) is 0 Å². The lowest BCUT2D eigenvalue weighted by molar-refractivity contribution is -0.123. The van der Waals surface area contributed by atoms with Crippen LogP contribution in [0, 0.1) is 17.8 Å². The van der Waals surface area contributed by atoms with Crippen LogP contribution in [0.1, 0.15) is 58.8 Å². The average molecular weight is 414 g/mol. The van der Waals surface area contributed by atoms with Crippen molar-refractivity contribution in [2.45, 2.75) is 64.8 Å². The van der Waals surface area contributed by atoms with E-state index in [-0.39, 0.29) is 11.9 Å². The van der Waals surface area contributed by atoms with Crippen LogP contribution in [-0.2, 0) is 4.79 Å². The van der Waals surface area contributed by atoms with E-state index < -0.39 is 0 Å². The van der Waals surface area contributed by atoms with E-state index in [2.05, 4.69) is 24.1 Å². The Morgan fingerprint density at radius 1 is 1.20 bits per heavy atom.